The average molecular weight is 544 g/mol. The van der Waals surface area contributed by atoms with Crippen LogP contribution in [0.25, 0.3) is 37.5 Å². The Labute approximate surface area is 202 Å². The van der Waals surface area contributed by atoms with Crippen LogP contribution in [0, 0.1) is 6.92 Å². The Hall–Kier alpha value is -3.38. The highest BCUT2D eigenvalue weighted by atomic mass is 79.9. The van der Waals surface area contributed by atoms with Gasteiger partial charge in [-0.2, -0.15) is 18.3 Å². The quantitative estimate of drug-likeness (QED) is 0.278. The van der Waals surface area contributed by atoms with Gasteiger partial charge in [0.05, 0.1) is 22.7 Å². The molecule has 0 bridgehead atoms. The fourth-order valence-electron chi connectivity index (χ4n) is 3.85. The maximum Gasteiger partial charge on any atom is 0.433 e. The molecule has 170 valence electrons. The number of nitrogens with zero attached hydrogens (tertiary/aromatic N) is 7. The van der Waals surface area contributed by atoms with E-state index >= 15 is 0 Å². The lowest BCUT2D eigenvalue weighted by Gasteiger charge is -2.06. The van der Waals surface area contributed by atoms with E-state index in [0.29, 0.717) is 39.2 Å². The van der Waals surface area contributed by atoms with Gasteiger partial charge in [-0.05, 0) is 40.0 Å². The van der Waals surface area contributed by atoms with Gasteiger partial charge in [0.25, 0.3) is 0 Å². The van der Waals surface area contributed by atoms with Crippen molar-refractivity contribution in [3.8, 4) is 11.4 Å². The zero-order valence-electron chi connectivity index (χ0n) is 17.4. The number of thiophene rings is 1. The Morgan fingerprint density at radius 1 is 1.12 bits per heavy atom. The number of halogens is 4. The molecule has 0 aliphatic carbocycles. The van der Waals surface area contributed by atoms with Crippen LogP contribution >= 0.6 is 27.3 Å². The molecule has 0 unspecified atom stereocenters. The van der Waals surface area contributed by atoms with Gasteiger partial charge in [0.15, 0.2) is 11.5 Å². The number of alkyl halides is 3. The normalized spacial score (nSPS) is 12.4. The van der Waals surface area contributed by atoms with Crippen molar-refractivity contribution in [1.82, 2.24) is 34.3 Å². The molecule has 7 nitrogen and oxygen atoms in total. The molecule has 34 heavy (non-hydrogen) atoms. The summed E-state index contributed by atoms with van der Waals surface area (Å²) in [5.41, 5.74) is 2.55. The van der Waals surface area contributed by atoms with Crippen molar-refractivity contribution in [2.24, 2.45) is 0 Å². The van der Waals surface area contributed by atoms with Crippen LogP contribution in [0.2, 0.25) is 0 Å². The van der Waals surface area contributed by atoms with Crippen LogP contribution in [0.1, 0.15) is 16.8 Å². The molecule has 6 rings (SSSR count). The molecule has 0 saturated carbocycles. The first kappa shape index (κ1) is 21.2. The second-order valence-electron chi connectivity index (χ2n) is 7.78. The topological polar surface area (TPSA) is 73.8 Å². The van der Waals surface area contributed by atoms with Crippen molar-refractivity contribution in [2.45, 2.75) is 19.6 Å². The molecule has 0 N–H and O–H groups in total. The first-order valence-corrected chi connectivity index (χ1v) is 11.7. The summed E-state index contributed by atoms with van der Waals surface area (Å²) in [6.07, 6.45) is 0.648. The van der Waals surface area contributed by atoms with E-state index in [1.807, 2.05) is 35.1 Å². The SMILES string of the molecule is Cc1cc(C(F)(F)F)nc2sc3c(ncn4nc(-c5ccc(Cn6cc(Br)cn6)cc5)nc34)c12. The van der Waals surface area contributed by atoms with Crippen LogP contribution in [-0.4, -0.2) is 34.3 Å². The number of hydrogen-bond donors (Lipinski definition) is 0. The second kappa shape index (κ2) is 7.57. The molecule has 1 aromatic carbocycles. The van der Waals surface area contributed by atoms with Gasteiger partial charge >= 0.3 is 6.18 Å². The van der Waals surface area contributed by atoms with Gasteiger partial charge in [0.2, 0.25) is 0 Å². The summed E-state index contributed by atoms with van der Waals surface area (Å²) in [5, 5.41) is 9.39. The molecule has 5 heterocycles. The lowest BCUT2D eigenvalue weighted by molar-refractivity contribution is -0.141. The van der Waals surface area contributed by atoms with Crippen LogP contribution in [0.5, 0.6) is 0 Å². The Balaban J connectivity index is 1.42. The first-order chi connectivity index (χ1) is 16.3. The Morgan fingerprint density at radius 2 is 1.91 bits per heavy atom. The third kappa shape index (κ3) is 3.53. The van der Waals surface area contributed by atoms with Gasteiger partial charge in [-0.1, -0.05) is 24.3 Å². The van der Waals surface area contributed by atoms with Gasteiger partial charge in [-0.25, -0.2) is 19.5 Å². The third-order valence-electron chi connectivity index (χ3n) is 5.41. The van der Waals surface area contributed by atoms with Crippen LogP contribution in [0.3, 0.4) is 0 Å². The van der Waals surface area contributed by atoms with Gasteiger partial charge in [-0.15, -0.1) is 16.4 Å². The third-order valence-corrected chi connectivity index (χ3v) is 6.89. The zero-order valence-corrected chi connectivity index (χ0v) is 19.8. The first-order valence-electron chi connectivity index (χ1n) is 10.1. The van der Waals surface area contributed by atoms with E-state index in [4.69, 9.17) is 0 Å². The Morgan fingerprint density at radius 3 is 2.62 bits per heavy atom. The van der Waals surface area contributed by atoms with Crippen LogP contribution < -0.4 is 0 Å². The summed E-state index contributed by atoms with van der Waals surface area (Å²) in [4.78, 5) is 13.3. The Bertz CT molecular complexity index is 1700. The highest BCUT2D eigenvalue weighted by Gasteiger charge is 2.33. The number of rotatable bonds is 3. The summed E-state index contributed by atoms with van der Waals surface area (Å²) in [6, 6.07) is 8.88. The summed E-state index contributed by atoms with van der Waals surface area (Å²) in [7, 11) is 0. The molecule has 0 atom stereocenters. The molecule has 12 heteroatoms. The van der Waals surface area contributed by atoms with Gasteiger partial charge < -0.3 is 0 Å². The molecule has 0 aliphatic heterocycles. The number of fused-ring (bicyclic) bond motifs is 5. The van der Waals surface area contributed by atoms with Crippen molar-refractivity contribution in [2.75, 3.05) is 0 Å². The van der Waals surface area contributed by atoms with Crippen molar-refractivity contribution in [1.29, 1.82) is 0 Å². The Kier molecular flexibility index (Phi) is 4.71. The lowest BCUT2D eigenvalue weighted by Crippen LogP contribution is -2.07. The summed E-state index contributed by atoms with van der Waals surface area (Å²) >= 11 is 4.53. The largest absolute Gasteiger partial charge is 0.433 e. The monoisotopic (exact) mass is 543 g/mol. The number of aryl methyl sites for hydroxylation is 1. The van der Waals surface area contributed by atoms with Crippen molar-refractivity contribution in [3.05, 3.63) is 70.3 Å². The fourth-order valence-corrected chi connectivity index (χ4v) is 5.36. The molecule has 0 fully saturated rings. The maximum atomic E-state index is 13.2. The molecule has 0 spiro atoms. The predicted molar refractivity (Wildman–Crippen MR) is 126 cm³/mol. The van der Waals surface area contributed by atoms with E-state index < -0.39 is 11.9 Å². The molecule has 0 aliphatic rings. The zero-order chi connectivity index (χ0) is 23.6. The van der Waals surface area contributed by atoms with Crippen LogP contribution in [-0.2, 0) is 12.7 Å². The summed E-state index contributed by atoms with van der Waals surface area (Å²) in [6.45, 7) is 2.26. The molecule has 0 saturated heterocycles. The molecule has 0 radical (unpaired) electrons. The molecular weight excluding hydrogens is 531 g/mol. The van der Waals surface area contributed by atoms with E-state index in [1.54, 1.807) is 17.6 Å². The molecule has 6 aromatic rings. The minimum atomic E-state index is -4.51. The fraction of sp³-hybridized carbons (Fsp3) is 0.136. The number of benzene rings is 1. The van der Waals surface area contributed by atoms with Gasteiger partial charge in [-0.3, -0.25) is 4.68 Å². The second-order valence-corrected chi connectivity index (χ2v) is 9.70. The lowest BCUT2D eigenvalue weighted by atomic mass is 10.1. The maximum absolute atomic E-state index is 13.2. The van der Waals surface area contributed by atoms with E-state index in [0.717, 1.165) is 33.0 Å². The molecule has 5 aromatic heterocycles. The van der Waals surface area contributed by atoms with Crippen molar-refractivity contribution < 1.29 is 13.2 Å². The standard InChI is InChI=1S/C22H13BrF3N7S/c1-11-6-15(22(24,25)26)29-21-16(11)17-18(34-21)20-30-19(31-33(20)10-27-17)13-4-2-12(3-5-13)8-32-9-14(23)7-28-32/h2-7,9-10H,8H2,1H3. The van der Waals surface area contributed by atoms with Gasteiger partial charge in [0, 0.05) is 17.1 Å². The number of hydrogen-bond acceptors (Lipinski definition) is 6. The van der Waals surface area contributed by atoms with Gasteiger partial charge in [0.1, 0.15) is 21.6 Å². The number of pyridine rings is 1. The minimum Gasteiger partial charge on any atom is -0.267 e. The minimum absolute atomic E-state index is 0.280. The smallest absolute Gasteiger partial charge is 0.267 e. The summed E-state index contributed by atoms with van der Waals surface area (Å²) < 4.78 is 44.7. The summed E-state index contributed by atoms with van der Waals surface area (Å²) in [5.74, 6) is 0.501. The van der Waals surface area contributed by atoms with Crippen LogP contribution in [0.4, 0.5) is 13.2 Å². The van der Waals surface area contributed by atoms with Crippen molar-refractivity contribution >= 4 is 53.3 Å². The van der Waals surface area contributed by atoms with E-state index in [2.05, 4.69) is 41.1 Å². The predicted octanol–water partition coefficient (Wildman–Crippen LogP) is 5.89. The number of aromatic nitrogens is 7. The van der Waals surface area contributed by atoms with E-state index in [1.165, 1.54) is 6.33 Å². The molecular formula is C22H13BrF3N7S. The van der Waals surface area contributed by atoms with Crippen LogP contribution in [0.15, 0.2) is 53.5 Å². The van der Waals surface area contributed by atoms with Crippen molar-refractivity contribution in [3.63, 3.8) is 0 Å². The van der Waals surface area contributed by atoms with E-state index in [9.17, 15) is 13.2 Å². The molecule has 0 amide bonds. The highest BCUT2D eigenvalue weighted by Crippen LogP contribution is 2.38. The van der Waals surface area contributed by atoms with E-state index in [-0.39, 0.29) is 4.83 Å². The highest BCUT2D eigenvalue weighted by molar-refractivity contribution is 9.10. The average Bonchev–Trinajstić information content (AvgIpc) is 3.49.